The minimum atomic E-state index is -4.92. The summed E-state index contributed by atoms with van der Waals surface area (Å²) in [6.45, 7) is 3.62. The molecular formula is C25H45NO8S. The molecule has 2 atom stereocenters. The second-order valence-electron chi connectivity index (χ2n) is 8.99. The van der Waals surface area contributed by atoms with Crippen LogP contribution in [0.5, 0.6) is 0 Å². The highest BCUT2D eigenvalue weighted by Crippen LogP contribution is 2.11. The number of allylic oxidation sites excluding steroid dienone is 2. The Labute approximate surface area is 210 Å². The summed E-state index contributed by atoms with van der Waals surface area (Å²) < 4.78 is 36.3. The molecule has 0 rings (SSSR count). The first-order valence-electron chi connectivity index (χ1n) is 12.9. The number of carbonyl (C=O) groups is 3. The third-order valence-corrected chi connectivity index (χ3v) is 6.63. The lowest BCUT2D eigenvalue weighted by atomic mass is 10.1. The monoisotopic (exact) mass is 519 g/mol. The van der Waals surface area contributed by atoms with Crippen LogP contribution in [0.4, 0.5) is 0 Å². The maximum absolute atomic E-state index is 11.9. The zero-order valence-corrected chi connectivity index (χ0v) is 22.2. The highest BCUT2D eigenvalue weighted by atomic mass is 32.2. The van der Waals surface area contributed by atoms with Gasteiger partial charge in [-0.1, -0.05) is 70.4 Å². The van der Waals surface area contributed by atoms with Crippen LogP contribution in [-0.2, 0) is 29.2 Å². The van der Waals surface area contributed by atoms with Gasteiger partial charge in [0.15, 0.2) is 5.25 Å². The number of carboxylic acid groups (broad SMARTS) is 1. The van der Waals surface area contributed by atoms with Crippen molar-refractivity contribution in [2.75, 3.05) is 6.54 Å². The largest absolute Gasteiger partial charge is 0.481 e. The topological polar surface area (TPSA) is 147 Å². The number of rotatable bonds is 22. The fourth-order valence-electron chi connectivity index (χ4n) is 3.49. The average molecular weight is 520 g/mol. The molecule has 0 fully saturated rings. The number of esters is 1. The zero-order chi connectivity index (χ0) is 26.5. The molecule has 35 heavy (non-hydrogen) atoms. The maximum Gasteiger partial charge on any atom is 0.327 e. The molecule has 0 aromatic heterocycles. The highest BCUT2D eigenvalue weighted by molar-refractivity contribution is 7.87. The van der Waals surface area contributed by atoms with Gasteiger partial charge >= 0.3 is 11.9 Å². The van der Waals surface area contributed by atoms with E-state index in [1.807, 2.05) is 0 Å². The van der Waals surface area contributed by atoms with Crippen molar-refractivity contribution >= 4 is 28.0 Å². The van der Waals surface area contributed by atoms with Crippen molar-refractivity contribution < 1.29 is 37.2 Å². The second-order valence-corrected chi connectivity index (χ2v) is 10.6. The van der Waals surface area contributed by atoms with Crippen LogP contribution in [-0.4, -0.2) is 53.8 Å². The number of unbranched alkanes of at least 4 members (excludes halogenated alkanes) is 11. The molecule has 0 aliphatic carbocycles. The summed E-state index contributed by atoms with van der Waals surface area (Å²) >= 11 is 0. The van der Waals surface area contributed by atoms with Crippen LogP contribution in [0.2, 0.25) is 0 Å². The van der Waals surface area contributed by atoms with Crippen molar-refractivity contribution in [3.8, 4) is 0 Å². The lowest BCUT2D eigenvalue weighted by Crippen LogP contribution is -2.39. The van der Waals surface area contributed by atoms with Gasteiger partial charge < -0.3 is 15.2 Å². The number of hydrogen-bond donors (Lipinski definition) is 3. The summed E-state index contributed by atoms with van der Waals surface area (Å²) in [5, 5.41) is 9.10. The third kappa shape index (κ3) is 20.0. The Hall–Kier alpha value is -1.94. The molecule has 0 aromatic rings. The maximum atomic E-state index is 11.9. The van der Waals surface area contributed by atoms with Gasteiger partial charge in [0.05, 0.1) is 13.0 Å². The van der Waals surface area contributed by atoms with Gasteiger partial charge in [-0.3, -0.25) is 18.9 Å². The number of hydrogen-bond acceptors (Lipinski definition) is 6. The molecule has 204 valence electrons. The molecule has 1 amide bonds. The molecule has 0 heterocycles. The van der Waals surface area contributed by atoms with Gasteiger partial charge in [0.25, 0.3) is 10.1 Å². The van der Waals surface area contributed by atoms with E-state index < -0.39 is 39.8 Å². The molecule has 0 aliphatic rings. The summed E-state index contributed by atoms with van der Waals surface area (Å²) in [6.07, 6.45) is 18.1. The number of aliphatic carboxylic acids is 1. The lowest BCUT2D eigenvalue weighted by Gasteiger charge is -2.17. The molecule has 0 aliphatic heterocycles. The predicted octanol–water partition coefficient (Wildman–Crippen LogP) is 4.80. The Balaban J connectivity index is 3.80. The van der Waals surface area contributed by atoms with Gasteiger partial charge in [-0.05, 0) is 39.0 Å². The van der Waals surface area contributed by atoms with E-state index in [0.29, 0.717) is 6.42 Å². The molecular weight excluding hydrogens is 474 g/mol. The zero-order valence-electron chi connectivity index (χ0n) is 21.4. The van der Waals surface area contributed by atoms with Crippen LogP contribution in [0.15, 0.2) is 12.2 Å². The minimum absolute atomic E-state index is 0.0408. The van der Waals surface area contributed by atoms with E-state index in [4.69, 9.17) is 14.4 Å². The van der Waals surface area contributed by atoms with Gasteiger partial charge in [-0.2, -0.15) is 8.42 Å². The summed E-state index contributed by atoms with van der Waals surface area (Å²) in [7, 11) is -4.92. The minimum Gasteiger partial charge on any atom is -0.481 e. The van der Waals surface area contributed by atoms with Crippen LogP contribution in [0.25, 0.3) is 0 Å². The van der Waals surface area contributed by atoms with E-state index in [9.17, 15) is 22.8 Å². The molecule has 0 radical (unpaired) electrons. The molecule has 10 heteroatoms. The van der Waals surface area contributed by atoms with Gasteiger partial charge in [0.2, 0.25) is 5.91 Å². The van der Waals surface area contributed by atoms with Crippen molar-refractivity contribution in [3.05, 3.63) is 12.2 Å². The predicted molar refractivity (Wildman–Crippen MR) is 136 cm³/mol. The first kappa shape index (κ1) is 33.1. The Morgan fingerprint density at radius 3 is 1.91 bits per heavy atom. The number of carboxylic acids is 1. The van der Waals surface area contributed by atoms with Crippen LogP contribution in [0.3, 0.4) is 0 Å². The van der Waals surface area contributed by atoms with Crippen LogP contribution >= 0.6 is 0 Å². The van der Waals surface area contributed by atoms with Gasteiger partial charge in [-0.25, -0.2) is 0 Å². The molecule has 0 unspecified atom stereocenters. The molecule has 9 nitrogen and oxygen atoms in total. The first-order chi connectivity index (χ1) is 16.6. The molecule has 0 saturated carbocycles. The molecule has 0 spiro atoms. The van der Waals surface area contributed by atoms with Crippen molar-refractivity contribution in [3.63, 3.8) is 0 Å². The summed E-state index contributed by atoms with van der Waals surface area (Å²) in [5.74, 6) is -3.14. The van der Waals surface area contributed by atoms with Gasteiger partial charge in [0.1, 0.15) is 6.10 Å². The number of amides is 1. The number of nitrogens with one attached hydrogen (secondary N) is 1. The summed E-state index contributed by atoms with van der Waals surface area (Å²) in [4.78, 5) is 34.5. The average Bonchev–Trinajstić information content (AvgIpc) is 2.77. The Morgan fingerprint density at radius 2 is 1.40 bits per heavy atom. The third-order valence-electron chi connectivity index (χ3n) is 5.55. The van der Waals surface area contributed by atoms with E-state index in [0.717, 1.165) is 38.5 Å². The molecule has 0 saturated heterocycles. The van der Waals surface area contributed by atoms with E-state index in [-0.39, 0.29) is 12.5 Å². The highest BCUT2D eigenvalue weighted by Gasteiger charge is 2.35. The SMILES string of the molecule is CCCCCCCC/C=C/CCCCCCCC(=O)NC[C@@H](C)OC(=O)[C@H](CC(=O)O)S(=O)(=O)O. The first-order valence-corrected chi connectivity index (χ1v) is 14.4. The van der Waals surface area contributed by atoms with Crippen molar-refractivity contribution in [1.29, 1.82) is 0 Å². The second kappa shape index (κ2) is 20.3. The summed E-state index contributed by atoms with van der Waals surface area (Å²) in [5.41, 5.74) is 0. The molecule has 3 N–H and O–H groups in total. The van der Waals surface area contributed by atoms with E-state index in [1.165, 1.54) is 51.9 Å². The molecule has 0 bridgehead atoms. The normalized spacial score (nSPS) is 13.5. The smallest absolute Gasteiger partial charge is 0.327 e. The Morgan fingerprint density at radius 1 is 0.886 bits per heavy atom. The van der Waals surface area contributed by atoms with Crippen molar-refractivity contribution in [1.82, 2.24) is 5.32 Å². The number of carbonyl (C=O) groups excluding carboxylic acids is 2. The Bertz CT molecular complexity index is 736. The standard InChI is InChI=1S/C25H45NO8S/c1-3-4-5-6-7-8-9-10-11-12-13-14-15-16-17-18-23(27)26-20-21(2)34-25(30)22(19-24(28)29)35(31,32)33/h10-11,21-22H,3-9,12-20H2,1-2H3,(H,26,27)(H,28,29)(H,31,32,33)/b11-10+/t21-,22+/m1/s1. The van der Waals surface area contributed by atoms with Crippen molar-refractivity contribution in [2.24, 2.45) is 0 Å². The quantitative estimate of drug-likeness (QED) is 0.0799. The van der Waals surface area contributed by atoms with Crippen LogP contribution in [0, 0.1) is 0 Å². The van der Waals surface area contributed by atoms with E-state index in [1.54, 1.807) is 0 Å². The fourth-order valence-corrected chi connectivity index (χ4v) is 4.14. The lowest BCUT2D eigenvalue weighted by molar-refractivity contribution is -0.151. The van der Waals surface area contributed by atoms with Gasteiger partial charge in [-0.15, -0.1) is 0 Å². The Kier molecular flexibility index (Phi) is 19.1. The fraction of sp³-hybridized carbons (Fsp3) is 0.800. The molecule has 0 aromatic carbocycles. The van der Waals surface area contributed by atoms with Gasteiger partial charge in [0, 0.05) is 6.42 Å². The van der Waals surface area contributed by atoms with Crippen molar-refractivity contribution in [2.45, 2.75) is 122 Å². The van der Waals surface area contributed by atoms with E-state index >= 15 is 0 Å². The summed E-state index contributed by atoms with van der Waals surface area (Å²) in [6, 6.07) is 0. The van der Waals surface area contributed by atoms with Crippen LogP contribution in [0.1, 0.15) is 110 Å². The number of ether oxygens (including phenoxy) is 1. The van der Waals surface area contributed by atoms with E-state index in [2.05, 4.69) is 24.4 Å². The van der Waals surface area contributed by atoms with Crippen LogP contribution < -0.4 is 5.32 Å².